The molecule has 3 aromatic heterocycles. The minimum Gasteiger partial charge on any atom is -0.326 e. The van der Waals surface area contributed by atoms with E-state index in [1.165, 1.54) is 11.6 Å². The Balaban J connectivity index is 1.47. The number of aryl methyl sites for hydroxylation is 1. The van der Waals surface area contributed by atoms with Gasteiger partial charge in [0, 0.05) is 42.3 Å². The average Bonchev–Trinajstić information content (AvgIpc) is 3.49. The van der Waals surface area contributed by atoms with Crippen LogP contribution in [0.15, 0.2) is 47.3 Å². The number of nitrogens with one attached hydrogen (secondary N) is 1. The van der Waals surface area contributed by atoms with E-state index in [4.69, 9.17) is 0 Å². The number of carbonyl (C=O) groups is 3. The number of aromatic nitrogens is 5. The Labute approximate surface area is 235 Å². The number of carbonyl (C=O) groups excluding carboxylic acids is 3. The molecule has 4 heterocycles. The number of benzene rings is 1. The molecular formula is C27H24BrF2N7O3. The van der Waals surface area contributed by atoms with Crippen molar-refractivity contribution in [1.29, 1.82) is 0 Å². The summed E-state index contributed by atoms with van der Waals surface area (Å²) < 4.78 is 30.6. The number of anilines is 1. The minimum absolute atomic E-state index is 0.0622. The van der Waals surface area contributed by atoms with Crippen molar-refractivity contribution in [2.45, 2.75) is 45.7 Å². The minimum atomic E-state index is -1.40. The smallest absolute Gasteiger partial charge is 0.248 e. The molecule has 1 aliphatic rings. The Kier molecular flexibility index (Phi) is 7.66. The summed E-state index contributed by atoms with van der Waals surface area (Å²) in [5.74, 6) is -0.725. The van der Waals surface area contributed by atoms with Crippen LogP contribution >= 0.6 is 15.9 Å². The lowest BCUT2D eigenvalue weighted by Gasteiger charge is -2.23. The average molecular weight is 612 g/mol. The van der Waals surface area contributed by atoms with Crippen molar-refractivity contribution in [2.75, 3.05) is 11.9 Å². The summed E-state index contributed by atoms with van der Waals surface area (Å²) >= 11 is 3.23. The maximum atomic E-state index is 14.5. The number of alkyl halides is 2. The van der Waals surface area contributed by atoms with Crippen LogP contribution in [0.25, 0.3) is 22.0 Å². The van der Waals surface area contributed by atoms with E-state index in [0.29, 0.717) is 26.9 Å². The number of halogens is 3. The number of amides is 2. The van der Waals surface area contributed by atoms with Crippen molar-refractivity contribution >= 4 is 50.2 Å². The number of hydrogen-bond donors (Lipinski definition) is 1. The summed E-state index contributed by atoms with van der Waals surface area (Å²) in [5, 5.41) is 7.32. The number of fused-ring (bicyclic) bond motifs is 1. The molecule has 10 nitrogen and oxygen atoms in total. The zero-order valence-electron chi connectivity index (χ0n) is 21.6. The first-order valence-corrected chi connectivity index (χ1v) is 13.2. The Hall–Kier alpha value is -4.13. The molecule has 1 fully saturated rings. The summed E-state index contributed by atoms with van der Waals surface area (Å²) in [4.78, 5) is 52.6. The highest BCUT2D eigenvalue weighted by Gasteiger charge is 2.40. The highest BCUT2D eigenvalue weighted by molar-refractivity contribution is 9.10. The summed E-state index contributed by atoms with van der Waals surface area (Å²) in [6, 6.07) is 7.14. The van der Waals surface area contributed by atoms with Gasteiger partial charge in [-0.05, 0) is 52.7 Å². The quantitative estimate of drug-likeness (QED) is 0.245. The van der Waals surface area contributed by atoms with Crippen LogP contribution in [0.3, 0.4) is 0 Å². The molecule has 5 rings (SSSR count). The molecule has 1 saturated heterocycles. The molecule has 0 radical (unpaired) electrons. The van der Waals surface area contributed by atoms with Gasteiger partial charge in [0.05, 0.1) is 12.1 Å². The van der Waals surface area contributed by atoms with Crippen LogP contribution in [-0.4, -0.2) is 66.0 Å². The van der Waals surface area contributed by atoms with E-state index in [0.717, 1.165) is 4.90 Å². The van der Waals surface area contributed by atoms with E-state index in [1.807, 2.05) is 0 Å². The van der Waals surface area contributed by atoms with Crippen molar-refractivity contribution < 1.29 is 23.2 Å². The number of Topliss-reactive ketones (excluding diaryl/α,β-unsaturated/α-hetero) is 1. The van der Waals surface area contributed by atoms with Gasteiger partial charge in [-0.25, -0.2) is 23.7 Å². The van der Waals surface area contributed by atoms with Gasteiger partial charge in [0.1, 0.15) is 47.4 Å². The molecule has 2 amide bonds. The molecule has 1 aliphatic heterocycles. The second kappa shape index (κ2) is 11.2. The first-order chi connectivity index (χ1) is 19.1. The maximum absolute atomic E-state index is 14.5. The lowest BCUT2D eigenvalue weighted by atomic mass is 10.0. The lowest BCUT2D eigenvalue weighted by Crippen LogP contribution is -2.44. The third kappa shape index (κ3) is 5.46. The van der Waals surface area contributed by atoms with Crippen LogP contribution in [0.1, 0.15) is 35.2 Å². The number of pyridine rings is 1. The highest BCUT2D eigenvalue weighted by Crippen LogP contribution is 2.31. The lowest BCUT2D eigenvalue weighted by molar-refractivity contribution is -0.137. The molecule has 0 spiro atoms. The van der Waals surface area contributed by atoms with Gasteiger partial charge in [0.2, 0.25) is 11.8 Å². The van der Waals surface area contributed by atoms with Crippen LogP contribution < -0.4 is 5.32 Å². The third-order valence-electron chi connectivity index (χ3n) is 6.64. The third-order valence-corrected chi connectivity index (χ3v) is 7.08. The topological polar surface area (TPSA) is 123 Å². The SMILES string of the molecule is CC(=O)c1nn(CC(=O)N2C[C@H](F)C[C@H]2C(=O)Nc2cccc(Br)n2)c2c(CF)cc(-c3cnc(C)nc3)cc12. The van der Waals surface area contributed by atoms with E-state index in [-0.39, 0.29) is 41.3 Å². The van der Waals surface area contributed by atoms with Crippen LogP contribution in [0.5, 0.6) is 0 Å². The standard InChI is InChI=1S/C27H24BrF2N7O3/c1-14(38)25-20-7-16(18-10-31-15(2)32-11-18)6-17(9-29)26(20)37(35-25)13-24(39)36-12-19(30)8-21(36)27(40)34-23-5-3-4-22(28)33-23/h3-7,10-11,19,21H,8-9,12-13H2,1-2H3,(H,33,34,40)/t19-,21+/m1/s1. The number of hydrogen-bond acceptors (Lipinski definition) is 7. The molecule has 0 unspecified atom stereocenters. The van der Waals surface area contributed by atoms with Gasteiger partial charge in [-0.2, -0.15) is 5.10 Å². The number of nitrogens with zero attached hydrogens (tertiary/aromatic N) is 6. The molecule has 4 aromatic rings. The zero-order chi connectivity index (χ0) is 28.6. The Morgan fingerprint density at radius 1 is 1.15 bits per heavy atom. The number of ketones is 1. The van der Waals surface area contributed by atoms with Crippen LogP contribution in [0.2, 0.25) is 0 Å². The number of likely N-dealkylation sites (tertiary alicyclic amines) is 1. The molecule has 1 aromatic carbocycles. The van der Waals surface area contributed by atoms with E-state index >= 15 is 0 Å². The van der Waals surface area contributed by atoms with Crippen molar-refractivity contribution in [1.82, 2.24) is 29.6 Å². The predicted octanol–water partition coefficient (Wildman–Crippen LogP) is 4.21. The predicted molar refractivity (Wildman–Crippen MR) is 146 cm³/mol. The van der Waals surface area contributed by atoms with Crippen LogP contribution in [0.4, 0.5) is 14.6 Å². The summed E-state index contributed by atoms with van der Waals surface area (Å²) in [6.45, 7) is 1.47. The highest BCUT2D eigenvalue weighted by atomic mass is 79.9. The Morgan fingerprint density at radius 3 is 2.58 bits per heavy atom. The molecule has 0 saturated carbocycles. The van der Waals surface area contributed by atoms with E-state index in [2.05, 4.69) is 41.3 Å². The van der Waals surface area contributed by atoms with Crippen LogP contribution in [-0.2, 0) is 22.8 Å². The second-order valence-corrected chi connectivity index (χ2v) is 10.3. The van der Waals surface area contributed by atoms with E-state index < -0.39 is 37.2 Å². The van der Waals surface area contributed by atoms with Gasteiger partial charge in [0.15, 0.2) is 5.78 Å². The number of rotatable bonds is 7. The Bertz CT molecular complexity index is 1630. The largest absolute Gasteiger partial charge is 0.326 e. The van der Waals surface area contributed by atoms with Gasteiger partial charge < -0.3 is 10.2 Å². The summed E-state index contributed by atoms with van der Waals surface area (Å²) in [7, 11) is 0. The van der Waals surface area contributed by atoms with Gasteiger partial charge >= 0.3 is 0 Å². The molecular weight excluding hydrogens is 588 g/mol. The normalized spacial score (nSPS) is 16.9. The molecule has 40 heavy (non-hydrogen) atoms. The van der Waals surface area contributed by atoms with Crippen molar-refractivity contribution in [3.05, 3.63) is 64.4 Å². The van der Waals surface area contributed by atoms with Crippen molar-refractivity contribution in [3.8, 4) is 11.1 Å². The van der Waals surface area contributed by atoms with Gasteiger partial charge in [0.25, 0.3) is 0 Å². The molecule has 0 aliphatic carbocycles. The van der Waals surface area contributed by atoms with Crippen molar-refractivity contribution in [2.24, 2.45) is 0 Å². The van der Waals surface area contributed by atoms with Gasteiger partial charge in [-0.1, -0.05) is 6.07 Å². The maximum Gasteiger partial charge on any atom is 0.248 e. The fourth-order valence-electron chi connectivity index (χ4n) is 4.80. The van der Waals surface area contributed by atoms with E-state index in [1.54, 1.807) is 49.6 Å². The first kappa shape index (κ1) is 27.4. The molecule has 2 atom stereocenters. The first-order valence-electron chi connectivity index (χ1n) is 12.4. The molecule has 1 N–H and O–H groups in total. The van der Waals surface area contributed by atoms with E-state index in [9.17, 15) is 23.2 Å². The Morgan fingerprint density at radius 2 is 1.90 bits per heavy atom. The van der Waals surface area contributed by atoms with Crippen LogP contribution in [0, 0.1) is 6.92 Å². The van der Waals surface area contributed by atoms with Crippen molar-refractivity contribution in [3.63, 3.8) is 0 Å². The molecule has 13 heteroatoms. The fourth-order valence-corrected chi connectivity index (χ4v) is 5.15. The summed E-state index contributed by atoms with van der Waals surface area (Å²) in [5.41, 5.74) is 1.76. The second-order valence-electron chi connectivity index (χ2n) is 9.48. The molecule has 206 valence electrons. The zero-order valence-corrected chi connectivity index (χ0v) is 23.2. The van der Waals surface area contributed by atoms with Gasteiger partial charge in [-0.3, -0.25) is 19.1 Å². The monoisotopic (exact) mass is 611 g/mol. The molecule has 0 bridgehead atoms. The van der Waals surface area contributed by atoms with Gasteiger partial charge in [-0.15, -0.1) is 0 Å². The fraction of sp³-hybridized carbons (Fsp3) is 0.296. The summed E-state index contributed by atoms with van der Waals surface area (Å²) in [6.07, 6.45) is 1.62.